The molecule has 6 nitrogen and oxygen atoms in total. The molecule has 17 heavy (non-hydrogen) atoms. The lowest BCUT2D eigenvalue weighted by Crippen LogP contribution is -2.28. The van der Waals surface area contributed by atoms with E-state index in [2.05, 4.69) is 15.5 Å². The molecule has 0 bridgehead atoms. The minimum absolute atomic E-state index is 0.255. The van der Waals surface area contributed by atoms with Crippen molar-refractivity contribution >= 4 is 17.7 Å². The highest BCUT2D eigenvalue weighted by Crippen LogP contribution is 2.27. The van der Waals surface area contributed by atoms with Crippen molar-refractivity contribution in [1.29, 1.82) is 0 Å². The number of carboxylic acid groups (broad SMARTS) is 1. The maximum atomic E-state index is 10.7. The molecular weight excluding hydrogens is 242 g/mol. The fourth-order valence-corrected chi connectivity index (χ4v) is 2.32. The number of hydrogen-bond acceptors (Lipinski definition) is 6. The van der Waals surface area contributed by atoms with Gasteiger partial charge in [-0.25, -0.2) is 0 Å². The average molecular weight is 257 g/mol. The zero-order valence-electron chi connectivity index (χ0n) is 9.55. The predicted octanol–water partition coefficient (Wildman–Crippen LogP) is 1.10. The van der Waals surface area contributed by atoms with Gasteiger partial charge in [-0.2, -0.15) is 0 Å². The molecule has 1 aliphatic rings. The monoisotopic (exact) mass is 257 g/mol. The van der Waals surface area contributed by atoms with Gasteiger partial charge >= 0.3 is 5.97 Å². The van der Waals surface area contributed by atoms with Crippen LogP contribution in [0.5, 0.6) is 0 Å². The smallest absolute Gasteiger partial charge is 0.316 e. The van der Waals surface area contributed by atoms with E-state index in [1.165, 1.54) is 0 Å². The second-order valence-corrected chi connectivity index (χ2v) is 5.34. The van der Waals surface area contributed by atoms with Crippen LogP contribution in [0.4, 0.5) is 0 Å². The van der Waals surface area contributed by atoms with Gasteiger partial charge in [0.2, 0.25) is 5.89 Å². The molecule has 0 aliphatic carbocycles. The van der Waals surface area contributed by atoms with Gasteiger partial charge in [0.1, 0.15) is 5.25 Å². The number of piperidine rings is 1. The van der Waals surface area contributed by atoms with E-state index in [-0.39, 0.29) is 5.92 Å². The van der Waals surface area contributed by atoms with Crippen molar-refractivity contribution in [2.45, 2.75) is 36.2 Å². The highest BCUT2D eigenvalue weighted by molar-refractivity contribution is 8.00. The molecule has 0 aromatic carbocycles. The first-order valence-corrected chi connectivity index (χ1v) is 6.48. The number of aromatic nitrogens is 2. The lowest BCUT2D eigenvalue weighted by molar-refractivity contribution is -0.136. The van der Waals surface area contributed by atoms with E-state index >= 15 is 0 Å². The molecule has 2 unspecified atom stereocenters. The summed E-state index contributed by atoms with van der Waals surface area (Å²) >= 11 is 1.08. The van der Waals surface area contributed by atoms with Gasteiger partial charge < -0.3 is 14.8 Å². The molecule has 7 heteroatoms. The lowest BCUT2D eigenvalue weighted by Gasteiger charge is -2.18. The molecule has 0 amide bonds. The van der Waals surface area contributed by atoms with Gasteiger partial charge in [-0.15, -0.1) is 10.2 Å². The largest absolute Gasteiger partial charge is 0.480 e. The molecule has 2 heterocycles. The van der Waals surface area contributed by atoms with Gasteiger partial charge in [0.25, 0.3) is 5.22 Å². The number of carbonyl (C=O) groups is 1. The zero-order chi connectivity index (χ0) is 12.3. The topological polar surface area (TPSA) is 88.3 Å². The highest BCUT2D eigenvalue weighted by atomic mass is 32.2. The predicted molar refractivity (Wildman–Crippen MR) is 62.1 cm³/mol. The summed E-state index contributed by atoms with van der Waals surface area (Å²) in [7, 11) is 0. The standard InChI is InChI=1S/C10H15N3O3S/c1-6(9(14)15)17-10-13-12-8(16-10)7-3-2-4-11-5-7/h6-7,11H,2-5H2,1H3,(H,14,15). The SMILES string of the molecule is CC(Sc1nnc(C2CCCNC2)o1)C(=O)O. The first-order valence-electron chi connectivity index (χ1n) is 5.60. The third-order valence-electron chi connectivity index (χ3n) is 2.69. The number of nitrogens with one attached hydrogen (secondary N) is 1. The lowest BCUT2D eigenvalue weighted by atomic mass is 10.00. The molecule has 2 rings (SSSR count). The average Bonchev–Trinajstić information content (AvgIpc) is 2.78. The maximum absolute atomic E-state index is 10.7. The number of thioether (sulfide) groups is 1. The van der Waals surface area contributed by atoms with Gasteiger partial charge in [0, 0.05) is 12.5 Å². The summed E-state index contributed by atoms with van der Waals surface area (Å²) in [6, 6.07) is 0. The summed E-state index contributed by atoms with van der Waals surface area (Å²) in [4.78, 5) is 10.7. The molecule has 1 fully saturated rings. The fraction of sp³-hybridized carbons (Fsp3) is 0.700. The molecule has 2 N–H and O–H groups in total. The minimum Gasteiger partial charge on any atom is -0.480 e. The molecule has 94 valence electrons. The van der Waals surface area contributed by atoms with Crippen LogP contribution in [0.1, 0.15) is 31.6 Å². The number of carboxylic acids is 1. The van der Waals surface area contributed by atoms with Crippen molar-refractivity contribution in [3.63, 3.8) is 0 Å². The second-order valence-electron chi connectivity index (χ2n) is 4.05. The van der Waals surface area contributed by atoms with Gasteiger partial charge in [-0.05, 0) is 26.3 Å². The summed E-state index contributed by atoms with van der Waals surface area (Å²) in [5.74, 6) is -0.0166. The Kier molecular flexibility index (Phi) is 4.01. The van der Waals surface area contributed by atoms with E-state index in [4.69, 9.17) is 9.52 Å². The van der Waals surface area contributed by atoms with Crippen LogP contribution in [0.15, 0.2) is 9.64 Å². The minimum atomic E-state index is -0.880. The van der Waals surface area contributed by atoms with Crippen molar-refractivity contribution < 1.29 is 14.3 Å². The van der Waals surface area contributed by atoms with Crippen molar-refractivity contribution in [3.8, 4) is 0 Å². The van der Waals surface area contributed by atoms with Gasteiger partial charge in [0.05, 0.1) is 0 Å². The summed E-state index contributed by atoms with van der Waals surface area (Å²) < 4.78 is 5.48. The Balaban J connectivity index is 1.97. The Morgan fingerprint density at radius 2 is 2.47 bits per heavy atom. The summed E-state index contributed by atoms with van der Waals surface area (Å²) in [5.41, 5.74) is 0. The van der Waals surface area contributed by atoms with Crippen LogP contribution in [0.3, 0.4) is 0 Å². The van der Waals surface area contributed by atoms with Crippen LogP contribution >= 0.6 is 11.8 Å². The molecule has 2 atom stereocenters. The quantitative estimate of drug-likeness (QED) is 0.781. The Hall–Kier alpha value is -1.08. The third kappa shape index (κ3) is 3.19. The van der Waals surface area contributed by atoms with Crippen LogP contribution in [0, 0.1) is 0 Å². The van der Waals surface area contributed by atoms with Crippen molar-refractivity contribution in [3.05, 3.63) is 5.89 Å². The molecule has 1 saturated heterocycles. The van der Waals surface area contributed by atoms with Crippen LogP contribution < -0.4 is 5.32 Å². The molecule has 1 aromatic rings. The van der Waals surface area contributed by atoms with Crippen LogP contribution in [-0.4, -0.2) is 39.6 Å². The van der Waals surface area contributed by atoms with Gasteiger partial charge in [0.15, 0.2) is 0 Å². The first-order chi connectivity index (χ1) is 8.16. The first kappa shape index (κ1) is 12.4. The van der Waals surface area contributed by atoms with Crippen molar-refractivity contribution in [2.75, 3.05) is 13.1 Å². The summed E-state index contributed by atoms with van der Waals surface area (Å²) in [6.45, 7) is 3.47. The molecule has 0 spiro atoms. The second kappa shape index (κ2) is 5.50. The van der Waals surface area contributed by atoms with E-state index in [1.54, 1.807) is 6.92 Å². The fourth-order valence-electron chi connectivity index (χ4n) is 1.70. The van der Waals surface area contributed by atoms with Crippen LogP contribution in [0.25, 0.3) is 0 Å². The number of rotatable bonds is 4. The Labute approximate surface area is 103 Å². The van der Waals surface area contributed by atoms with E-state index in [0.29, 0.717) is 11.1 Å². The van der Waals surface area contributed by atoms with Gasteiger partial charge in [-0.3, -0.25) is 4.79 Å². The van der Waals surface area contributed by atoms with Crippen LogP contribution in [-0.2, 0) is 4.79 Å². The zero-order valence-corrected chi connectivity index (χ0v) is 10.4. The normalized spacial score (nSPS) is 22.3. The van der Waals surface area contributed by atoms with E-state index in [0.717, 1.165) is 37.7 Å². The molecule has 1 aliphatic heterocycles. The number of hydrogen-bond donors (Lipinski definition) is 2. The summed E-state index contributed by atoms with van der Waals surface area (Å²) in [5, 5.41) is 19.7. The van der Waals surface area contributed by atoms with Gasteiger partial charge in [-0.1, -0.05) is 11.8 Å². The van der Waals surface area contributed by atoms with E-state index < -0.39 is 11.2 Å². The maximum Gasteiger partial charge on any atom is 0.316 e. The molecule has 0 saturated carbocycles. The Bertz CT molecular complexity index is 390. The van der Waals surface area contributed by atoms with Crippen LogP contribution in [0.2, 0.25) is 0 Å². The molecule has 1 aromatic heterocycles. The third-order valence-corrected chi connectivity index (χ3v) is 3.62. The van der Waals surface area contributed by atoms with E-state index in [9.17, 15) is 4.79 Å². The number of aliphatic carboxylic acids is 1. The Morgan fingerprint density at radius 3 is 3.12 bits per heavy atom. The molecular formula is C10H15N3O3S. The molecule has 0 radical (unpaired) electrons. The summed E-state index contributed by atoms with van der Waals surface area (Å²) in [6.07, 6.45) is 2.13. The Morgan fingerprint density at radius 1 is 1.65 bits per heavy atom. The number of nitrogens with zero attached hydrogens (tertiary/aromatic N) is 2. The van der Waals surface area contributed by atoms with Crippen molar-refractivity contribution in [1.82, 2.24) is 15.5 Å². The van der Waals surface area contributed by atoms with E-state index in [1.807, 2.05) is 0 Å². The highest BCUT2D eigenvalue weighted by Gasteiger charge is 2.23. The van der Waals surface area contributed by atoms with Crippen molar-refractivity contribution in [2.24, 2.45) is 0 Å².